The molecule has 0 unspecified atom stereocenters. The summed E-state index contributed by atoms with van der Waals surface area (Å²) in [5.41, 5.74) is 0.151. The van der Waals surface area contributed by atoms with Crippen molar-refractivity contribution in [2.75, 3.05) is 13.2 Å². The van der Waals surface area contributed by atoms with Gasteiger partial charge in [-0.15, -0.1) is 0 Å². The highest BCUT2D eigenvalue weighted by Gasteiger charge is 2.07. The highest BCUT2D eigenvalue weighted by molar-refractivity contribution is 5.87. The summed E-state index contributed by atoms with van der Waals surface area (Å²) < 4.78 is 13.6. The summed E-state index contributed by atoms with van der Waals surface area (Å²) >= 11 is 0. The Morgan fingerprint density at radius 1 is 1.12 bits per heavy atom. The van der Waals surface area contributed by atoms with Gasteiger partial charge in [0.2, 0.25) is 0 Å². The van der Waals surface area contributed by atoms with Gasteiger partial charge in [-0.1, -0.05) is 0 Å². The maximum absolute atomic E-state index is 11.1. The van der Waals surface area contributed by atoms with Gasteiger partial charge in [-0.05, 0) is 13.8 Å². The van der Waals surface area contributed by atoms with Gasteiger partial charge < -0.3 is 14.2 Å². The Labute approximate surface area is 93.2 Å². The lowest BCUT2D eigenvalue weighted by Gasteiger charge is -2.02. The Bertz CT molecular complexity index is 304. The molecule has 0 saturated carbocycles. The molecular formula is C10H14O6. The first-order valence-electron chi connectivity index (χ1n) is 4.64. The van der Waals surface area contributed by atoms with E-state index >= 15 is 0 Å². The van der Waals surface area contributed by atoms with Crippen molar-refractivity contribution < 1.29 is 28.6 Å². The van der Waals surface area contributed by atoms with Crippen LogP contribution in [0, 0.1) is 0 Å². The van der Waals surface area contributed by atoms with E-state index in [2.05, 4.69) is 14.2 Å². The second-order valence-corrected chi connectivity index (χ2v) is 2.79. The van der Waals surface area contributed by atoms with Crippen LogP contribution in [-0.4, -0.2) is 31.1 Å². The Morgan fingerprint density at radius 2 is 1.75 bits per heavy atom. The molecule has 0 aromatic rings. The third-order valence-electron chi connectivity index (χ3n) is 1.36. The van der Waals surface area contributed by atoms with E-state index in [4.69, 9.17) is 0 Å². The predicted molar refractivity (Wildman–Crippen MR) is 53.1 cm³/mol. The summed E-state index contributed by atoms with van der Waals surface area (Å²) in [7, 11) is 0. The molecule has 0 aromatic carbocycles. The van der Waals surface area contributed by atoms with E-state index in [1.165, 1.54) is 13.8 Å². The van der Waals surface area contributed by atoms with Crippen LogP contribution in [0.25, 0.3) is 0 Å². The zero-order chi connectivity index (χ0) is 12.6. The molecule has 16 heavy (non-hydrogen) atoms. The monoisotopic (exact) mass is 230 g/mol. The number of esters is 3. The molecule has 0 aliphatic carbocycles. The Morgan fingerprint density at radius 3 is 2.25 bits per heavy atom. The first kappa shape index (κ1) is 14.2. The number of ether oxygens (including phenoxy) is 3. The van der Waals surface area contributed by atoms with E-state index in [9.17, 15) is 14.4 Å². The van der Waals surface area contributed by atoms with E-state index in [0.29, 0.717) is 0 Å². The maximum Gasteiger partial charge on any atom is 0.349 e. The van der Waals surface area contributed by atoms with Crippen molar-refractivity contribution in [1.82, 2.24) is 0 Å². The number of carbonyl (C=O) groups excluding carboxylic acids is 3. The minimum absolute atomic E-state index is 0.151. The molecular weight excluding hydrogens is 216 g/mol. The molecule has 0 heterocycles. The van der Waals surface area contributed by atoms with Crippen LogP contribution in [-0.2, 0) is 28.6 Å². The number of carbonyl (C=O) groups is 3. The third-order valence-corrected chi connectivity index (χ3v) is 1.36. The van der Waals surface area contributed by atoms with Gasteiger partial charge in [0.25, 0.3) is 0 Å². The lowest BCUT2D eigenvalue weighted by molar-refractivity contribution is -0.154. The summed E-state index contributed by atoms with van der Waals surface area (Å²) in [5, 5.41) is 0. The standard InChI is InChI=1S/C10H14O6/c1-4-14-10(13)7(2)5-16-9(12)6-15-8(3)11/h5H,4,6H2,1-3H3. The smallest absolute Gasteiger partial charge is 0.349 e. The lowest BCUT2D eigenvalue weighted by atomic mass is 10.3. The van der Waals surface area contributed by atoms with Crippen molar-refractivity contribution in [2.24, 2.45) is 0 Å². The second kappa shape index (κ2) is 7.44. The van der Waals surface area contributed by atoms with Crippen LogP contribution in [0.4, 0.5) is 0 Å². The van der Waals surface area contributed by atoms with Crippen LogP contribution in [0.15, 0.2) is 11.8 Å². The van der Waals surface area contributed by atoms with Gasteiger partial charge in [0, 0.05) is 6.92 Å². The van der Waals surface area contributed by atoms with E-state index in [1.807, 2.05) is 0 Å². The first-order chi connectivity index (χ1) is 7.47. The van der Waals surface area contributed by atoms with E-state index < -0.39 is 24.5 Å². The van der Waals surface area contributed by atoms with Gasteiger partial charge in [-0.25, -0.2) is 9.59 Å². The predicted octanol–water partition coefficient (Wildman–Crippen LogP) is 0.560. The molecule has 0 amide bonds. The number of rotatable bonds is 5. The molecule has 0 aromatic heterocycles. The SMILES string of the molecule is CCOC(=O)C(C)=COC(=O)COC(C)=O. The van der Waals surface area contributed by atoms with Crippen molar-refractivity contribution in [3.8, 4) is 0 Å². The van der Waals surface area contributed by atoms with Crippen molar-refractivity contribution >= 4 is 17.9 Å². The first-order valence-corrected chi connectivity index (χ1v) is 4.64. The third kappa shape index (κ3) is 6.58. The van der Waals surface area contributed by atoms with Crippen LogP contribution in [0.5, 0.6) is 0 Å². The fraction of sp³-hybridized carbons (Fsp3) is 0.500. The Hall–Kier alpha value is -1.85. The van der Waals surface area contributed by atoms with Gasteiger partial charge in [0.15, 0.2) is 6.61 Å². The van der Waals surface area contributed by atoms with Crippen molar-refractivity contribution in [2.45, 2.75) is 20.8 Å². The van der Waals surface area contributed by atoms with Gasteiger partial charge in [-0.3, -0.25) is 4.79 Å². The number of hydrogen-bond donors (Lipinski definition) is 0. The van der Waals surface area contributed by atoms with Gasteiger partial charge in [-0.2, -0.15) is 0 Å². The molecule has 0 radical (unpaired) electrons. The summed E-state index contributed by atoms with van der Waals surface area (Å²) in [6.45, 7) is 4.04. The zero-order valence-corrected chi connectivity index (χ0v) is 9.44. The van der Waals surface area contributed by atoms with Gasteiger partial charge in [0.05, 0.1) is 12.2 Å². The average molecular weight is 230 g/mol. The molecule has 0 rings (SSSR count). The Kier molecular flexibility index (Phi) is 6.58. The zero-order valence-electron chi connectivity index (χ0n) is 9.44. The minimum atomic E-state index is -0.765. The normalized spacial score (nSPS) is 10.6. The maximum atomic E-state index is 11.1. The Balaban J connectivity index is 4.01. The molecule has 6 heteroatoms. The van der Waals surface area contributed by atoms with E-state index in [-0.39, 0.29) is 12.2 Å². The largest absolute Gasteiger partial charge is 0.463 e. The molecule has 0 spiro atoms. The van der Waals surface area contributed by atoms with Crippen LogP contribution >= 0.6 is 0 Å². The van der Waals surface area contributed by atoms with Crippen molar-refractivity contribution in [3.63, 3.8) is 0 Å². The molecule has 0 bridgehead atoms. The second-order valence-electron chi connectivity index (χ2n) is 2.79. The van der Waals surface area contributed by atoms with E-state index in [0.717, 1.165) is 6.26 Å². The average Bonchev–Trinajstić information content (AvgIpc) is 2.23. The topological polar surface area (TPSA) is 78.9 Å². The molecule has 0 fully saturated rings. The van der Waals surface area contributed by atoms with Crippen LogP contribution in [0.1, 0.15) is 20.8 Å². The molecule has 6 nitrogen and oxygen atoms in total. The molecule has 90 valence electrons. The minimum Gasteiger partial charge on any atom is -0.463 e. The van der Waals surface area contributed by atoms with Crippen LogP contribution in [0.2, 0.25) is 0 Å². The fourth-order valence-electron chi connectivity index (χ4n) is 0.642. The van der Waals surface area contributed by atoms with Crippen LogP contribution in [0.3, 0.4) is 0 Å². The fourth-order valence-corrected chi connectivity index (χ4v) is 0.642. The summed E-state index contributed by atoms with van der Waals surface area (Å²) in [6.07, 6.45) is 0.962. The quantitative estimate of drug-likeness (QED) is 0.297. The summed E-state index contributed by atoms with van der Waals surface area (Å²) in [4.78, 5) is 32.4. The molecule has 0 saturated heterocycles. The van der Waals surface area contributed by atoms with E-state index in [1.54, 1.807) is 6.92 Å². The van der Waals surface area contributed by atoms with Crippen LogP contribution < -0.4 is 0 Å². The van der Waals surface area contributed by atoms with Crippen molar-refractivity contribution in [1.29, 1.82) is 0 Å². The summed E-state index contributed by atoms with van der Waals surface area (Å²) in [5.74, 6) is -1.91. The molecule has 0 aliphatic heterocycles. The molecule has 0 atom stereocenters. The molecule has 0 aliphatic rings. The highest BCUT2D eigenvalue weighted by atomic mass is 16.6. The summed E-state index contributed by atoms with van der Waals surface area (Å²) in [6, 6.07) is 0. The lowest BCUT2D eigenvalue weighted by Crippen LogP contribution is -2.13. The van der Waals surface area contributed by atoms with Crippen molar-refractivity contribution in [3.05, 3.63) is 11.8 Å². The number of hydrogen-bond acceptors (Lipinski definition) is 6. The highest BCUT2D eigenvalue weighted by Crippen LogP contribution is 1.97. The van der Waals surface area contributed by atoms with Gasteiger partial charge >= 0.3 is 17.9 Å². The van der Waals surface area contributed by atoms with Gasteiger partial charge in [0.1, 0.15) is 6.26 Å². The molecule has 0 N–H and O–H groups in total.